The number of carbonyl (C=O) groups excluding carboxylic acids is 2. The lowest BCUT2D eigenvalue weighted by atomic mass is 10.6. The molecule has 1 aromatic rings. The molecule has 3 N–H and O–H groups in total. The van der Waals surface area contributed by atoms with Gasteiger partial charge in [-0.25, -0.2) is 9.59 Å². The summed E-state index contributed by atoms with van der Waals surface area (Å²) >= 11 is 0. The van der Waals surface area contributed by atoms with E-state index in [1.165, 1.54) is 33.7 Å². The number of alkyl carbamates (subject to hydrolysis) is 1. The van der Waals surface area contributed by atoms with Crippen LogP contribution in [0, 0.1) is 0 Å². The van der Waals surface area contributed by atoms with Crippen molar-refractivity contribution in [1.82, 2.24) is 14.9 Å². The van der Waals surface area contributed by atoms with E-state index >= 15 is 0 Å². The van der Waals surface area contributed by atoms with Crippen LogP contribution in [0.15, 0.2) is 12.1 Å². The number of rotatable bonds is 11. The maximum atomic E-state index is 11.4. The maximum absolute atomic E-state index is 11.4. The van der Waals surface area contributed by atoms with Crippen LogP contribution in [0.1, 0.15) is 0 Å². The van der Waals surface area contributed by atoms with E-state index in [4.69, 9.17) is 9.47 Å². The zero-order chi connectivity index (χ0) is 19.4. The van der Waals surface area contributed by atoms with Crippen molar-refractivity contribution in [2.75, 3.05) is 51.9 Å². The molecule has 0 fully saturated rings. The third-order valence-corrected chi connectivity index (χ3v) is 4.99. The highest BCUT2D eigenvalue weighted by Gasteiger charge is 2.12. The van der Waals surface area contributed by atoms with Gasteiger partial charge in [0, 0.05) is 36.7 Å². The van der Waals surface area contributed by atoms with Crippen molar-refractivity contribution >= 4 is 33.8 Å². The highest BCUT2D eigenvalue weighted by Crippen LogP contribution is 2.21. The maximum Gasteiger partial charge on any atom is 0.533 e. The summed E-state index contributed by atoms with van der Waals surface area (Å²) in [5.74, 6) is 0.255. The molecule has 0 saturated carbocycles. The summed E-state index contributed by atoms with van der Waals surface area (Å²) in [4.78, 5) is 29.3. The van der Waals surface area contributed by atoms with E-state index in [1.54, 1.807) is 0 Å². The molecule has 1 amide bonds. The van der Waals surface area contributed by atoms with Crippen molar-refractivity contribution in [3.63, 3.8) is 0 Å². The summed E-state index contributed by atoms with van der Waals surface area (Å²) in [6, 6.07) is 2.33. The minimum absolute atomic E-state index is 0.0885. The summed E-state index contributed by atoms with van der Waals surface area (Å²) in [7, 11) is 6.75. The molecular formula is C14H23N3O7S2. The fourth-order valence-corrected chi connectivity index (χ4v) is 3.13. The fourth-order valence-electron chi connectivity index (χ4n) is 1.47. The Hall–Kier alpha value is -1.92. The molecule has 10 nitrogen and oxygen atoms in total. The van der Waals surface area contributed by atoms with Crippen molar-refractivity contribution < 1.29 is 34.1 Å². The zero-order valence-electron chi connectivity index (χ0n) is 14.5. The molecule has 0 saturated heterocycles. The summed E-state index contributed by atoms with van der Waals surface area (Å²) in [5.41, 5.74) is 0. The predicted molar refractivity (Wildman–Crippen MR) is 98.5 cm³/mol. The number of amides is 1. The van der Waals surface area contributed by atoms with Crippen LogP contribution >= 0.6 is 21.6 Å². The molecule has 0 unspecified atom stereocenters. The highest BCUT2D eigenvalue weighted by molar-refractivity contribution is 8.76. The second-order valence-electron chi connectivity index (χ2n) is 5.04. The molecule has 0 aliphatic carbocycles. The van der Waals surface area contributed by atoms with E-state index in [9.17, 15) is 19.8 Å². The first-order valence-electron chi connectivity index (χ1n) is 7.64. The molecule has 0 aromatic carbocycles. The number of hydrogen-bond acceptors (Lipinski definition) is 10. The van der Waals surface area contributed by atoms with Gasteiger partial charge in [0.15, 0.2) is 0 Å². The average molecular weight is 409 g/mol. The van der Waals surface area contributed by atoms with Crippen LogP contribution in [0.4, 0.5) is 9.59 Å². The smallest absolute Gasteiger partial charge is 0.492 e. The quantitative estimate of drug-likeness (QED) is 0.278. The zero-order valence-corrected chi connectivity index (χ0v) is 16.2. The number of nitrogens with zero attached hydrogens (tertiary/aromatic N) is 2. The third kappa shape index (κ3) is 9.53. The van der Waals surface area contributed by atoms with E-state index in [-0.39, 0.29) is 13.2 Å². The van der Waals surface area contributed by atoms with E-state index in [2.05, 4.69) is 10.2 Å². The van der Waals surface area contributed by atoms with Gasteiger partial charge >= 0.3 is 12.2 Å². The number of likely N-dealkylation sites (N-methyl/N-ethyl adjacent to an activating group) is 1. The first-order valence-corrected chi connectivity index (χ1v) is 10.1. The number of nitrogens with one attached hydrogen (secondary N) is 1. The Balaban J connectivity index is 1.96. The van der Waals surface area contributed by atoms with Gasteiger partial charge in [0.2, 0.25) is 11.8 Å². The van der Waals surface area contributed by atoms with Gasteiger partial charge in [0.25, 0.3) is 0 Å². The molecule has 1 aromatic heterocycles. The molecule has 0 aliphatic heterocycles. The molecule has 1 heterocycles. The topological polar surface area (TPSA) is 122 Å². The Morgan fingerprint density at radius 3 is 2.27 bits per heavy atom. The number of hydrogen-bond donors (Lipinski definition) is 3. The summed E-state index contributed by atoms with van der Waals surface area (Å²) in [5, 5.41) is 21.2. The highest BCUT2D eigenvalue weighted by atomic mass is 33.1. The van der Waals surface area contributed by atoms with Gasteiger partial charge in [-0.2, -0.15) is 0 Å². The van der Waals surface area contributed by atoms with Crippen LogP contribution in [-0.2, 0) is 9.47 Å². The summed E-state index contributed by atoms with van der Waals surface area (Å²) < 4.78 is 10.3. The standard InChI is InChI=1S/C14H23N3O7S2/c1-16(2)6-5-15-13(20)22-7-9-25-26-10-8-23-14(21)24-17-11(18)3-4-12(17)19/h3-4,18-19H,5-10H2,1-2H3,(H,15,20). The van der Waals surface area contributed by atoms with Gasteiger partial charge in [0.1, 0.15) is 13.2 Å². The SMILES string of the molecule is CN(C)CCNC(=O)OCCSSCCOC(=O)On1c(O)ccc1O. The molecule has 0 aliphatic rings. The van der Waals surface area contributed by atoms with E-state index in [0.29, 0.717) is 22.8 Å². The second kappa shape index (κ2) is 12.4. The van der Waals surface area contributed by atoms with Crippen LogP contribution in [0.2, 0.25) is 0 Å². The largest absolute Gasteiger partial charge is 0.533 e. The lowest BCUT2D eigenvalue weighted by Crippen LogP contribution is -2.32. The molecule has 0 spiro atoms. The van der Waals surface area contributed by atoms with Crippen molar-refractivity contribution in [2.45, 2.75) is 0 Å². The summed E-state index contributed by atoms with van der Waals surface area (Å²) in [6.45, 7) is 1.64. The van der Waals surface area contributed by atoms with Crippen LogP contribution < -0.4 is 10.2 Å². The molecule has 1 rings (SSSR count). The van der Waals surface area contributed by atoms with Gasteiger partial charge in [-0.1, -0.05) is 21.6 Å². The number of ether oxygens (including phenoxy) is 2. The number of aromatic hydroxyl groups is 2. The average Bonchev–Trinajstić information content (AvgIpc) is 2.88. The third-order valence-electron chi connectivity index (χ3n) is 2.66. The Morgan fingerprint density at radius 2 is 1.69 bits per heavy atom. The van der Waals surface area contributed by atoms with E-state index in [0.717, 1.165) is 6.54 Å². The molecule has 26 heavy (non-hydrogen) atoms. The first kappa shape index (κ1) is 22.1. The minimum Gasteiger partial charge on any atom is -0.492 e. The molecular weight excluding hydrogens is 386 g/mol. The van der Waals surface area contributed by atoms with Crippen molar-refractivity contribution in [3.8, 4) is 11.8 Å². The minimum atomic E-state index is -1.05. The Kier molecular flexibility index (Phi) is 10.6. The van der Waals surface area contributed by atoms with Crippen LogP contribution in [0.5, 0.6) is 11.8 Å². The van der Waals surface area contributed by atoms with E-state index in [1.807, 2.05) is 19.0 Å². The molecule has 148 valence electrons. The first-order chi connectivity index (χ1) is 12.4. The second-order valence-corrected chi connectivity index (χ2v) is 7.75. The predicted octanol–water partition coefficient (Wildman–Crippen LogP) is 1.13. The Morgan fingerprint density at radius 1 is 1.12 bits per heavy atom. The van der Waals surface area contributed by atoms with Crippen molar-refractivity contribution in [1.29, 1.82) is 0 Å². The van der Waals surface area contributed by atoms with Gasteiger partial charge in [0.05, 0.1) is 0 Å². The van der Waals surface area contributed by atoms with Gasteiger partial charge < -0.3 is 29.9 Å². The normalized spacial score (nSPS) is 10.6. The van der Waals surface area contributed by atoms with Crippen molar-refractivity contribution in [2.24, 2.45) is 0 Å². The Labute approximate surface area is 159 Å². The molecule has 0 bridgehead atoms. The Bertz CT molecular complexity index is 549. The summed E-state index contributed by atoms with van der Waals surface area (Å²) in [6.07, 6.45) is -1.49. The number of carbonyl (C=O) groups is 2. The van der Waals surface area contributed by atoms with Crippen LogP contribution in [-0.4, -0.2) is 84.0 Å². The van der Waals surface area contributed by atoms with Gasteiger partial charge in [-0.15, -0.1) is 4.73 Å². The number of aromatic nitrogens is 1. The van der Waals surface area contributed by atoms with E-state index < -0.39 is 24.0 Å². The van der Waals surface area contributed by atoms with Crippen LogP contribution in [0.25, 0.3) is 0 Å². The van der Waals surface area contributed by atoms with Gasteiger partial charge in [-0.05, 0) is 14.1 Å². The lowest BCUT2D eigenvalue weighted by molar-refractivity contribution is 0.0392. The van der Waals surface area contributed by atoms with Crippen molar-refractivity contribution in [3.05, 3.63) is 12.1 Å². The molecule has 12 heteroatoms. The van der Waals surface area contributed by atoms with Gasteiger partial charge in [-0.3, -0.25) is 4.84 Å². The molecule has 0 radical (unpaired) electrons. The molecule has 0 atom stereocenters. The fraction of sp³-hybridized carbons (Fsp3) is 0.571. The van der Waals surface area contributed by atoms with Crippen LogP contribution in [0.3, 0.4) is 0 Å². The monoisotopic (exact) mass is 409 g/mol. The lowest BCUT2D eigenvalue weighted by Gasteiger charge is -2.10.